The predicted molar refractivity (Wildman–Crippen MR) is 103 cm³/mol. The van der Waals surface area contributed by atoms with E-state index in [9.17, 15) is 4.79 Å². The number of benzene rings is 2. The zero-order chi connectivity index (χ0) is 18.9. The second kappa shape index (κ2) is 9.51. The molecule has 2 aromatic rings. The smallest absolute Gasteiger partial charge is 0.244 e. The number of ether oxygens (including phenoxy) is 3. The van der Waals surface area contributed by atoms with E-state index in [0.717, 1.165) is 22.4 Å². The molecule has 0 aliphatic rings. The summed E-state index contributed by atoms with van der Waals surface area (Å²) in [7, 11) is 4.84. The van der Waals surface area contributed by atoms with E-state index in [1.54, 1.807) is 27.4 Å². The van der Waals surface area contributed by atoms with Crippen molar-refractivity contribution in [3.63, 3.8) is 0 Å². The number of nitrogens with one attached hydrogen (secondary N) is 1. The van der Waals surface area contributed by atoms with E-state index in [2.05, 4.69) is 5.32 Å². The van der Waals surface area contributed by atoms with Crippen molar-refractivity contribution in [2.24, 2.45) is 0 Å². The van der Waals surface area contributed by atoms with Gasteiger partial charge >= 0.3 is 0 Å². The van der Waals surface area contributed by atoms with Crippen LogP contribution in [-0.4, -0.2) is 33.8 Å². The summed E-state index contributed by atoms with van der Waals surface area (Å²) in [6.45, 7) is 2.45. The molecule has 0 saturated carbocycles. The van der Waals surface area contributed by atoms with Crippen molar-refractivity contribution in [2.45, 2.75) is 13.3 Å². The van der Waals surface area contributed by atoms with E-state index in [1.165, 1.54) is 0 Å². The zero-order valence-electron chi connectivity index (χ0n) is 15.7. The summed E-state index contributed by atoms with van der Waals surface area (Å²) in [6.07, 6.45) is 2.32. The van der Waals surface area contributed by atoms with E-state index in [1.807, 2.05) is 49.4 Å². The molecule has 0 saturated heterocycles. The third-order valence-electron chi connectivity index (χ3n) is 4.05. The molecule has 0 aromatic heterocycles. The van der Waals surface area contributed by atoms with Gasteiger partial charge in [0.1, 0.15) is 5.75 Å². The molecule has 0 radical (unpaired) electrons. The third-order valence-corrected chi connectivity index (χ3v) is 4.05. The summed E-state index contributed by atoms with van der Waals surface area (Å²) >= 11 is 0. The molecule has 0 unspecified atom stereocenters. The fourth-order valence-electron chi connectivity index (χ4n) is 2.55. The maximum atomic E-state index is 12.1. The Morgan fingerprint density at radius 3 is 2.27 bits per heavy atom. The average Bonchev–Trinajstić information content (AvgIpc) is 2.67. The van der Waals surface area contributed by atoms with Crippen LogP contribution in [0, 0.1) is 0 Å². The first-order valence-electron chi connectivity index (χ1n) is 8.39. The molecule has 26 heavy (non-hydrogen) atoms. The van der Waals surface area contributed by atoms with Gasteiger partial charge in [0, 0.05) is 12.6 Å². The van der Waals surface area contributed by atoms with Crippen molar-refractivity contribution in [1.82, 2.24) is 5.32 Å². The van der Waals surface area contributed by atoms with Crippen LogP contribution in [0.4, 0.5) is 0 Å². The second-order valence-electron chi connectivity index (χ2n) is 5.79. The summed E-state index contributed by atoms with van der Waals surface area (Å²) < 4.78 is 15.7. The predicted octanol–water partition coefficient (Wildman–Crippen LogP) is 3.47. The Labute approximate surface area is 154 Å². The van der Waals surface area contributed by atoms with Crippen molar-refractivity contribution in [1.29, 1.82) is 0 Å². The van der Waals surface area contributed by atoms with Gasteiger partial charge in [-0.25, -0.2) is 0 Å². The lowest BCUT2D eigenvalue weighted by Crippen LogP contribution is -2.23. The van der Waals surface area contributed by atoms with E-state index < -0.39 is 0 Å². The molecule has 5 nitrogen and oxygen atoms in total. The van der Waals surface area contributed by atoms with Crippen LogP contribution in [0.3, 0.4) is 0 Å². The number of carbonyl (C=O) groups excluding carboxylic acids is 1. The number of allylic oxidation sites excluding steroid dienone is 1. The minimum absolute atomic E-state index is 0.112. The van der Waals surface area contributed by atoms with Crippen molar-refractivity contribution in [3.05, 3.63) is 59.7 Å². The van der Waals surface area contributed by atoms with Gasteiger partial charge in [-0.2, -0.15) is 0 Å². The largest absolute Gasteiger partial charge is 0.497 e. The van der Waals surface area contributed by atoms with E-state index in [4.69, 9.17) is 14.2 Å². The summed E-state index contributed by atoms with van der Waals surface area (Å²) in [4.78, 5) is 12.1. The number of hydrogen-bond acceptors (Lipinski definition) is 4. The van der Waals surface area contributed by atoms with Gasteiger partial charge in [-0.05, 0) is 54.3 Å². The Balaban J connectivity index is 1.89. The fourth-order valence-corrected chi connectivity index (χ4v) is 2.55. The Morgan fingerprint density at radius 1 is 0.962 bits per heavy atom. The van der Waals surface area contributed by atoms with E-state index in [-0.39, 0.29) is 5.91 Å². The molecular formula is C21H25NO4. The molecule has 2 aromatic carbocycles. The molecule has 0 heterocycles. The molecule has 0 aliphatic heterocycles. The van der Waals surface area contributed by atoms with Crippen molar-refractivity contribution >= 4 is 11.5 Å². The van der Waals surface area contributed by atoms with E-state index in [0.29, 0.717) is 24.5 Å². The maximum Gasteiger partial charge on any atom is 0.244 e. The van der Waals surface area contributed by atoms with Crippen LogP contribution in [0.1, 0.15) is 18.1 Å². The number of methoxy groups -OCH3 is 3. The van der Waals surface area contributed by atoms with Gasteiger partial charge in [0.15, 0.2) is 11.5 Å². The fraction of sp³-hybridized carbons (Fsp3) is 0.286. The van der Waals surface area contributed by atoms with Crippen LogP contribution in [0.15, 0.2) is 48.5 Å². The molecule has 0 spiro atoms. The molecule has 0 bridgehead atoms. The molecule has 0 atom stereocenters. The molecule has 5 heteroatoms. The lowest BCUT2D eigenvalue weighted by molar-refractivity contribution is -0.116. The topological polar surface area (TPSA) is 56.8 Å². The van der Waals surface area contributed by atoms with Crippen molar-refractivity contribution in [3.8, 4) is 17.2 Å². The summed E-state index contributed by atoms with van der Waals surface area (Å²) in [5.41, 5.74) is 2.95. The average molecular weight is 355 g/mol. The Hall–Kier alpha value is -2.95. The Kier molecular flexibility index (Phi) is 7.09. The monoisotopic (exact) mass is 355 g/mol. The van der Waals surface area contributed by atoms with Crippen LogP contribution in [0.5, 0.6) is 17.2 Å². The first-order valence-corrected chi connectivity index (χ1v) is 8.39. The first kappa shape index (κ1) is 19.4. The van der Waals surface area contributed by atoms with Crippen molar-refractivity contribution in [2.75, 3.05) is 27.9 Å². The van der Waals surface area contributed by atoms with Gasteiger partial charge in [-0.1, -0.05) is 18.2 Å². The first-order chi connectivity index (χ1) is 12.6. The van der Waals surface area contributed by atoms with Gasteiger partial charge in [-0.3, -0.25) is 4.79 Å². The van der Waals surface area contributed by atoms with Crippen LogP contribution in [-0.2, 0) is 11.2 Å². The molecule has 0 fully saturated rings. The Bertz CT molecular complexity index is 766. The van der Waals surface area contributed by atoms with Gasteiger partial charge in [-0.15, -0.1) is 0 Å². The molecule has 2 rings (SSSR count). The van der Waals surface area contributed by atoms with Crippen LogP contribution >= 0.6 is 0 Å². The summed E-state index contributed by atoms with van der Waals surface area (Å²) in [5, 5.41) is 2.91. The minimum atomic E-state index is -0.112. The van der Waals surface area contributed by atoms with Crippen LogP contribution < -0.4 is 19.5 Å². The zero-order valence-corrected chi connectivity index (χ0v) is 15.7. The SMILES string of the molecule is COc1ccc(/C(C)=C/C(=O)NCCc2ccc(OC)c(OC)c2)cc1. The molecule has 1 amide bonds. The van der Waals surface area contributed by atoms with Crippen LogP contribution in [0.2, 0.25) is 0 Å². The summed E-state index contributed by atoms with van der Waals surface area (Å²) in [6, 6.07) is 13.4. The Morgan fingerprint density at radius 2 is 1.65 bits per heavy atom. The standard InChI is InChI=1S/C21H25NO4/c1-15(17-6-8-18(24-2)9-7-17)13-21(23)22-12-11-16-5-10-19(25-3)20(14-16)26-4/h5-10,13-14H,11-12H2,1-4H3,(H,22,23)/b15-13+. The van der Waals surface area contributed by atoms with Crippen LogP contribution in [0.25, 0.3) is 5.57 Å². The highest BCUT2D eigenvalue weighted by molar-refractivity contribution is 5.94. The maximum absolute atomic E-state index is 12.1. The van der Waals surface area contributed by atoms with Gasteiger partial charge in [0.05, 0.1) is 21.3 Å². The third kappa shape index (κ3) is 5.28. The summed E-state index contributed by atoms with van der Waals surface area (Å²) in [5.74, 6) is 2.06. The quantitative estimate of drug-likeness (QED) is 0.737. The second-order valence-corrected chi connectivity index (χ2v) is 5.79. The highest BCUT2D eigenvalue weighted by Gasteiger charge is 2.05. The van der Waals surface area contributed by atoms with Gasteiger partial charge in [0.25, 0.3) is 0 Å². The number of hydrogen-bond donors (Lipinski definition) is 1. The highest BCUT2D eigenvalue weighted by atomic mass is 16.5. The highest BCUT2D eigenvalue weighted by Crippen LogP contribution is 2.27. The minimum Gasteiger partial charge on any atom is -0.497 e. The lowest BCUT2D eigenvalue weighted by atomic mass is 10.1. The molecule has 138 valence electrons. The van der Waals surface area contributed by atoms with E-state index >= 15 is 0 Å². The number of amides is 1. The molecule has 1 N–H and O–H groups in total. The molecule has 0 aliphatic carbocycles. The number of rotatable bonds is 8. The van der Waals surface area contributed by atoms with Gasteiger partial charge in [0.2, 0.25) is 5.91 Å². The number of carbonyl (C=O) groups is 1. The molecular weight excluding hydrogens is 330 g/mol. The lowest BCUT2D eigenvalue weighted by Gasteiger charge is -2.10. The normalized spacial score (nSPS) is 11.0. The van der Waals surface area contributed by atoms with Crippen molar-refractivity contribution < 1.29 is 19.0 Å². The van der Waals surface area contributed by atoms with Gasteiger partial charge < -0.3 is 19.5 Å².